The van der Waals surface area contributed by atoms with Gasteiger partial charge in [-0.05, 0) is 27.7 Å². The van der Waals surface area contributed by atoms with E-state index in [1.165, 1.54) is 0 Å². The topological polar surface area (TPSA) is 80.4 Å². The fourth-order valence-electron chi connectivity index (χ4n) is 1.88. The Kier molecular flexibility index (Phi) is 6.74. The molecule has 7 nitrogen and oxygen atoms in total. The summed E-state index contributed by atoms with van der Waals surface area (Å²) in [7, 11) is 0. The first kappa shape index (κ1) is 17.6. The number of likely N-dealkylation sites (N-methyl/N-ethyl adjacent to an activating group) is 1. The summed E-state index contributed by atoms with van der Waals surface area (Å²) in [5, 5.41) is 0. The van der Waals surface area contributed by atoms with Crippen LogP contribution in [0.3, 0.4) is 0 Å². The van der Waals surface area contributed by atoms with E-state index >= 15 is 0 Å². The second-order valence-corrected chi connectivity index (χ2v) is 5.90. The lowest BCUT2D eigenvalue weighted by Crippen LogP contribution is -2.45. The average Bonchev–Trinajstić information content (AvgIpc) is 2.42. The monoisotopic (exact) mass is 300 g/mol. The Bertz CT molecular complexity index is 360. The maximum atomic E-state index is 12.0. The SMILES string of the molecule is CCN(CCN=C(N)N1CCOCC1)C(=O)OC(C)(C)C. The molecule has 0 saturated carbocycles. The minimum absolute atomic E-state index is 0.315. The van der Waals surface area contributed by atoms with Crippen molar-refractivity contribution < 1.29 is 14.3 Å². The molecule has 0 aliphatic carbocycles. The predicted octanol–water partition coefficient (Wildman–Crippen LogP) is 0.890. The molecule has 1 heterocycles. The molecule has 0 aromatic carbocycles. The van der Waals surface area contributed by atoms with Gasteiger partial charge in [-0.1, -0.05) is 0 Å². The van der Waals surface area contributed by atoms with Crippen molar-refractivity contribution in [2.24, 2.45) is 10.7 Å². The maximum absolute atomic E-state index is 12.0. The van der Waals surface area contributed by atoms with E-state index in [1.807, 2.05) is 32.6 Å². The first-order valence-corrected chi connectivity index (χ1v) is 7.44. The molecule has 0 spiro atoms. The lowest BCUT2D eigenvalue weighted by molar-refractivity contribution is 0.0266. The number of nitrogens with two attached hydrogens (primary N) is 1. The second-order valence-electron chi connectivity index (χ2n) is 5.90. The molecule has 1 amide bonds. The van der Waals surface area contributed by atoms with Crippen LogP contribution in [0.15, 0.2) is 4.99 Å². The van der Waals surface area contributed by atoms with Crippen LogP contribution in [0.2, 0.25) is 0 Å². The predicted molar refractivity (Wildman–Crippen MR) is 82.4 cm³/mol. The average molecular weight is 300 g/mol. The summed E-state index contributed by atoms with van der Waals surface area (Å²) in [5.41, 5.74) is 5.45. The summed E-state index contributed by atoms with van der Waals surface area (Å²) in [6.07, 6.45) is -0.315. The van der Waals surface area contributed by atoms with Crippen LogP contribution in [0.5, 0.6) is 0 Å². The molecule has 0 bridgehead atoms. The Morgan fingerprint density at radius 1 is 1.38 bits per heavy atom. The molecule has 122 valence electrons. The smallest absolute Gasteiger partial charge is 0.410 e. The lowest BCUT2D eigenvalue weighted by atomic mass is 10.2. The van der Waals surface area contributed by atoms with Crippen molar-refractivity contribution in [1.29, 1.82) is 0 Å². The molecule has 1 fully saturated rings. The number of carbonyl (C=O) groups is 1. The van der Waals surface area contributed by atoms with Gasteiger partial charge in [0.25, 0.3) is 0 Å². The van der Waals surface area contributed by atoms with E-state index in [-0.39, 0.29) is 6.09 Å². The summed E-state index contributed by atoms with van der Waals surface area (Å²) < 4.78 is 10.6. The summed E-state index contributed by atoms with van der Waals surface area (Å²) in [6.45, 7) is 11.9. The van der Waals surface area contributed by atoms with Crippen LogP contribution >= 0.6 is 0 Å². The Hall–Kier alpha value is -1.50. The van der Waals surface area contributed by atoms with Crippen LogP contribution in [0.1, 0.15) is 27.7 Å². The van der Waals surface area contributed by atoms with Gasteiger partial charge in [0, 0.05) is 26.2 Å². The highest BCUT2D eigenvalue weighted by Gasteiger charge is 2.20. The van der Waals surface area contributed by atoms with E-state index in [4.69, 9.17) is 15.2 Å². The summed E-state index contributed by atoms with van der Waals surface area (Å²) in [4.78, 5) is 19.9. The van der Waals surface area contributed by atoms with Crippen molar-refractivity contribution in [1.82, 2.24) is 9.80 Å². The van der Waals surface area contributed by atoms with E-state index in [0.29, 0.717) is 38.8 Å². The van der Waals surface area contributed by atoms with Crippen molar-refractivity contribution >= 4 is 12.1 Å². The molecule has 21 heavy (non-hydrogen) atoms. The standard InChI is InChI=1S/C14H28N4O3/c1-5-17(13(19)21-14(2,3)4)7-6-16-12(15)18-8-10-20-11-9-18/h5-11H2,1-4H3,(H2,15,16). The molecule has 2 N–H and O–H groups in total. The van der Waals surface area contributed by atoms with Crippen molar-refractivity contribution in [3.05, 3.63) is 0 Å². The molecule has 1 saturated heterocycles. The molecule has 7 heteroatoms. The number of morpholine rings is 1. The van der Waals surface area contributed by atoms with Crippen LogP contribution in [-0.4, -0.2) is 73.4 Å². The highest BCUT2D eigenvalue weighted by atomic mass is 16.6. The third kappa shape index (κ3) is 6.66. The molecule has 1 aliphatic rings. The van der Waals surface area contributed by atoms with E-state index in [9.17, 15) is 4.79 Å². The number of ether oxygens (including phenoxy) is 2. The number of rotatable bonds is 4. The lowest BCUT2D eigenvalue weighted by Gasteiger charge is -2.28. The van der Waals surface area contributed by atoms with Gasteiger partial charge in [-0.3, -0.25) is 4.99 Å². The molecule has 1 rings (SSSR count). The Labute approximate surface area is 127 Å². The first-order valence-electron chi connectivity index (χ1n) is 7.44. The van der Waals surface area contributed by atoms with Gasteiger partial charge >= 0.3 is 6.09 Å². The Morgan fingerprint density at radius 2 is 2.00 bits per heavy atom. The van der Waals surface area contributed by atoms with Crippen LogP contribution in [0.25, 0.3) is 0 Å². The summed E-state index contributed by atoms with van der Waals surface area (Å²) in [5.74, 6) is 0.513. The van der Waals surface area contributed by atoms with Gasteiger partial charge in [0.15, 0.2) is 5.96 Å². The van der Waals surface area contributed by atoms with Gasteiger partial charge in [-0.25, -0.2) is 4.79 Å². The Balaban J connectivity index is 2.41. The third-order valence-corrected chi connectivity index (χ3v) is 3.01. The second kappa shape index (κ2) is 8.07. The molecule has 0 unspecified atom stereocenters. The van der Waals surface area contributed by atoms with Gasteiger partial charge in [-0.15, -0.1) is 0 Å². The van der Waals surface area contributed by atoms with Gasteiger partial charge in [0.05, 0.1) is 19.8 Å². The number of guanidine groups is 1. The molecular weight excluding hydrogens is 272 g/mol. The molecule has 0 radical (unpaired) electrons. The minimum atomic E-state index is -0.486. The van der Waals surface area contributed by atoms with Gasteiger partial charge in [-0.2, -0.15) is 0 Å². The highest BCUT2D eigenvalue weighted by molar-refractivity contribution is 5.78. The number of carbonyl (C=O) groups excluding carboxylic acids is 1. The fourth-order valence-corrected chi connectivity index (χ4v) is 1.88. The zero-order valence-corrected chi connectivity index (χ0v) is 13.6. The van der Waals surface area contributed by atoms with E-state index in [0.717, 1.165) is 13.1 Å². The van der Waals surface area contributed by atoms with E-state index in [2.05, 4.69) is 4.99 Å². The van der Waals surface area contributed by atoms with Crippen molar-refractivity contribution in [2.45, 2.75) is 33.3 Å². The van der Waals surface area contributed by atoms with Gasteiger partial charge in [0.1, 0.15) is 5.60 Å². The van der Waals surface area contributed by atoms with Crippen molar-refractivity contribution in [2.75, 3.05) is 45.9 Å². The third-order valence-electron chi connectivity index (χ3n) is 3.01. The zero-order chi connectivity index (χ0) is 15.9. The van der Waals surface area contributed by atoms with Crippen LogP contribution < -0.4 is 5.73 Å². The largest absolute Gasteiger partial charge is 0.444 e. The number of amides is 1. The van der Waals surface area contributed by atoms with Crippen LogP contribution in [0.4, 0.5) is 4.79 Å². The van der Waals surface area contributed by atoms with Gasteiger partial charge in [0.2, 0.25) is 0 Å². The van der Waals surface area contributed by atoms with Crippen LogP contribution in [0, 0.1) is 0 Å². The number of nitrogens with zero attached hydrogens (tertiary/aromatic N) is 3. The molecule has 0 aromatic heterocycles. The fraction of sp³-hybridized carbons (Fsp3) is 0.857. The molecular formula is C14H28N4O3. The summed E-state index contributed by atoms with van der Waals surface area (Å²) in [6, 6.07) is 0. The normalized spacial score (nSPS) is 16.8. The van der Waals surface area contributed by atoms with E-state index < -0.39 is 5.60 Å². The zero-order valence-electron chi connectivity index (χ0n) is 13.6. The minimum Gasteiger partial charge on any atom is -0.444 e. The van der Waals surface area contributed by atoms with E-state index in [1.54, 1.807) is 4.90 Å². The number of hydrogen-bond acceptors (Lipinski definition) is 4. The quantitative estimate of drug-likeness (QED) is 0.616. The summed E-state index contributed by atoms with van der Waals surface area (Å²) >= 11 is 0. The van der Waals surface area contributed by atoms with Gasteiger partial charge < -0.3 is 25.0 Å². The molecule has 0 atom stereocenters. The maximum Gasteiger partial charge on any atom is 0.410 e. The van der Waals surface area contributed by atoms with Crippen molar-refractivity contribution in [3.8, 4) is 0 Å². The number of hydrogen-bond donors (Lipinski definition) is 1. The Morgan fingerprint density at radius 3 is 2.52 bits per heavy atom. The molecule has 0 aromatic rings. The number of aliphatic imine (C=N–C) groups is 1. The van der Waals surface area contributed by atoms with Crippen molar-refractivity contribution in [3.63, 3.8) is 0 Å². The molecule has 1 aliphatic heterocycles. The highest BCUT2D eigenvalue weighted by Crippen LogP contribution is 2.09. The first-order chi connectivity index (χ1) is 9.83. The van der Waals surface area contributed by atoms with Crippen LogP contribution in [-0.2, 0) is 9.47 Å².